The fourth-order valence-electron chi connectivity index (χ4n) is 6.06. The molecular formula is C27H33ClF2N4O6. The molecule has 1 aromatic carbocycles. The molecule has 40 heavy (non-hydrogen) atoms. The monoisotopic (exact) mass is 582 g/mol. The number of hydrogen-bond acceptors (Lipinski definition) is 7. The summed E-state index contributed by atoms with van der Waals surface area (Å²) in [4.78, 5) is 28.5. The average molecular weight is 583 g/mol. The highest BCUT2D eigenvalue weighted by Gasteiger charge is 2.50. The molecule has 10 nitrogen and oxygen atoms in total. The number of carboxylic acids is 1. The molecule has 1 aromatic heterocycles. The molecule has 5 rings (SSSR count). The van der Waals surface area contributed by atoms with Crippen LogP contribution in [0.4, 0.5) is 14.5 Å². The summed E-state index contributed by atoms with van der Waals surface area (Å²) in [5, 5.41) is 17.7. The SMILES string of the molecule is CC1(C)OCc2cnn(C3(C(=O)Nc4ccc(Cl)cc4OC(F)F)CCN(CC4(C(=O)O)CCOCC4)CC3)c21. The second-order valence-electron chi connectivity index (χ2n) is 11.2. The molecule has 2 saturated heterocycles. The topological polar surface area (TPSA) is 115 Å². The molecule has 0 unspecified atom stereocenters. The highest BCUT2D eigenvalue weighted by Crippen LogP contribution is 2.43. The van der Waals surface area contributed by atoms with Crippen LogP contribution < -0.4 is 10.1 Å². The lowest BCUT2D eigenvalue weighted by Gasteiger charge is -2.45. The number of likely N-dealkylation sites (tertiary alicyclic amines) is 1. The Hall–Kier alpha value is -2.80. The Balaban J connectivity index is 1.46. The van der Waals surface area contributed by atoms with Crippen molar-refractivity contribution in [3.05, 3.63) is 40.7 Å². The zero-order valence-corrected chi connectivity index (χ0v) is 23.2. The summed E-state index contributed by atoms with van der Waals surface area (Å²) in [6.45, 7) is 3.07. The fraction of sp³-hybridized carbons (Fsp3) is 0.593. The number of ether oxygens (including phenoxy) is 3. The Bertz CT molecular complexity index is 1270. The third kappa shape index (κ3) is 5.29. The van der Waals surface area contributed by atoms with Gasteiger partial charge in [0, 0.05) is 49.5 Å². The van der Waals surface area contributed by atoms with Crippen molar-refractivity contribution in [2.45, 2.75) is 63.9 Å². The van der Waals surface area contributed by atoms with Gasteiger partial charge < -0.3 is 29.5 Å². The van der Waals surface area contributed by atoms with Crippen molar-refractivity contribution in [3.8, 4) is 5.75 Å². The molecule has 4 heterocycles. The van der Waals surface area contributed by atoms with Gasteiger partial charge in [0.15, 0.2) is 5.75 Å². The number of carbonyl (C=O) groups excluding carboxylic acids is 1. The molecule has 2 N–H and O–H groups in total. The third-order valence-electron chi connectivity index (χ3n) is 8.35. The number of nitrogens with one attached hydrogen (secondary N) is 1. The number of aliphatic carboxylic acids is 1. The van der Waals surface area contributed by atoms with E-state index < -0.39 is 35.0 Å². The first kappa shape index (κ1) is 28.7. The van der Waals surface area contributed by atoms with Crippen LogP contribution in [0.5, 0.6) is 5.75 Å². The predicted octanol–water partition coefficient (Wildman–Crippen LogP) is 4.21. The van der Waals surface area contributed by atoms with E-state index in [4.69, 9.17) is 21.1 Å². The summed E-state index contributed by atoms with van der Waals surface area (Å²) < 4.78 is 44.0. The Morgan fingerprint density at radius 1 is 1.20 bits per heavy atom. The van der Waals surface area contributed by atoms with E-state index in [1.54, 1.807) is 10.9 Å². The van der Waals surface area contributed by atoms with E-state index in [1.807, 2.05) is 13.8 Å². The van der Waals surface area contributed by atoms with Crippen LogP contribution in [-0.4, -0.2) is 71.1 Å². The van der Waals surface area contributed by atoms with E-state index in [-0.39, 0.29) is 16.5 Å². The molecule has 2 aromatic rings. The number of halogens is 3. The quantitative estimate of drug-likeness (QED) is 0.476. The van der Waals surface area contributed by atoms with Gasteiger partial charge in [-0.1, -0.05) is 11.6 Å². The zero-order valence-electron chi connectivity index (χ0n) is 22.4. The minimum absolute atomic E-state index is 0.0582. The Labute approximate surface area is 235 Å². The van der Waals surface area contributed by atoms with Crippen molar-refractivity contribution in [1.82, 2.24) is 14.7 Å². The number of nitrogens with zero attached hydrogens (tertiary/aromatic N) is 3. The number of rotatable bonds is 8. The standard InChI is InChI=1S/C27H33ClF2N4O6/c1-25(2)21-17(15-39-25)14-31-34(21)27(22(35)32-19-4-3-18(28)13-20(19)40-24(29)30)5-9-33(10-6-27)16-26(23(36)37)7-11-38-12-8-26/h3-4,13-14,24H,5-12,15-16H2,1-2H3,(H,32,35)(H,36,37). The summed E-state index contributed by atoms with van der Waals surface area (Å²) in [6.07, 6.45) is 3.17. The molecule has 0 atom stereocenters. The number of carbonyl (C=O) groups is 2. The van der Waals surface area contributed by atoms with E-state index >= 15 is 0 Å². The number of aromatic nitrogens is 2. The van der Waals surface area contributed by atoms with Gasteiger partial charge in [0.2, 0.25) is 0 Å². The summed E-state index contributed by atoms with van der Waals surface area (Å²) in [5.41, 5.74) is -1.09. The lowest BCUT2D eigenvalue weighted by Crippen LogP contribution is -2.57. The fourth-order valence-corrected chi connectivity index (χ4v) is 6.22. The molecular weight excluding hydrogens is 550 g/mol. The Morgan fingerprint density at radius 2 is 1.90 bits per heavy atom. The molecule has 218 valence electrons. The summed E-state index contributed by atoms with van der Waals surface area (Å²) in [5.74, 6) is -1.54. The highest BCUT2D eigenvalue weighted by molar-refractivity contribution is 6.30. The van der Waals surface area contributed by atoms with E-state index in [1.165, 1.54) is 18.2 Å². The van der Waals surface area contributed by atoms with Gasteiger partial charge in [0.25, 0.3) is 5.91 Å². The highest BCUT2D eigenvalue weighted by atomic mass is 35.5. The molecule has 3 aliphatic heterocycles. The third-order valence-corrected chi connectivity index (χ3v) is 8.59. The summed E-state index contributed by atoms with van der Waals surface area (Å²) >= 11 is 6.00. The normalized spacial score (nSPS) is 21.6. The Kier molecular flexibility index (Phi) is 7.81. The predicted molar refractivity (Wildman–Crippen MR) is 141 cm³/mol. The number of hydrogen-bond donors (Lipinski definition) is 2. The minimum Gasteiger partial charge on any atom is -0.481 e. The van der Waals surface area contributed by atoms with Crippen LogP contribution in [0.2, 0.25) is 5.02 Å². The van der Waals surface area contributed by atoms with Gasteiger partial charge in [0.1, 0.15) is 11.1 Å². The van der Waals surface area contributed by atoms with E-state index in [2.05, 4.69) is 20.1 Å². The van der Waals surface area contributed by atoms with E-state index in [0.29, 0.717) is 65.1 Å². The molecule has 3 aliphatic rings. The van der Waals surface area contributed by atoms with Gasteiger partial charge in [-0.05, 0) is 51.7 Å². The number of amides is 1. The van der Waals surface area contributed by atoms with Crippen LogP contribution in [-0.2, 0) is 36.8 Å². The first-order chi connectivity index (χ1) is 19.0. The first-order valence-electron chi connectivity index (χ1n) is 13.3. The van der Waals surface area contributed by atoms with Crippen LogP contribution in [0.3, 0.4) is 0 Å². The minimum atomic E-state index is -3.11. The van der Waals surface area contributed by atoms with E-state index in [0.717, 1.165) is 11.3 Å². The number of fused-ring (bicyclic) bond motifs is 1. The van der Waals surface area contributed by atoms with Gasteiger partial charge >= 0.3 is 12.6 Å². The van der Waals surface area contributed by atoms with Gasteiger partial charge in [0.05, 0.1) is 29.6 Å². The van der Waals surface area contributed by atoms with Crippen molar-refractivity contribution in [3.63, 3.8) is 0 Å². The maximum atomic E-state index is 14.2. The molecule has 0 spiro atoms. The lowest BCUT2D eigenvalue weighted by atomic mass is 9.78. The van der Waals surface area contributed by atoms with Crippen molar-refractivity contribution in [2.75, 3.05) is 38.2 Å². The largest absolute Gasteiger partial charge is 0.481 e. The summed E-state index contributed by atoms with van der Waals surface area (Å²) in [6, 6.07) is 4.12. The van der Waals surface area contributed by atoms with Crippen molar-refractivity contribution in [1.29, 1.82) is 0 Å². The number of anilines is 1. The maximum Gasteiger partial charge on any atom is 0.387 e. The second-order valence-corrected chi connectivity index (χ2v) is 11.6. The van der Waals surface area contributed by atoms with Crippen LogP contribution in [0, 0.1) is 5.41 Å². The van der Waals surface area contributed by atoms with Crippen LogP contribution in [0.1, 0.15) is 50.8 Å². The smallest absolute Gasteiger partial charge is 0.387 e. The van der Waals surface area contributed by atoms with Gasteiger partial charge in [-0.2, -0.15) is 13.9 Å². The molecule has 13 heteroatoms. The molecule has 0 saturated carbocycles. The number of piperidine rings is 1. The Morgan fingerprint density at radius 3 is 2.55 bits per heavy atom. The van der Waals surface area contributed by atoms with Crippen LogP contribution in [0.25, 0.3) is 0 Å². The van der Waals surface area contributed by atoms with Crippen molar-refractivity contribution >= 4 is 29.2 Å². The average Bonchev–Trinajstić information content (AvgIpc) is 3.47. The van der Waals surface area contributed by atoms with Crippen LogP contribution in [0.15, 0.2) is 24.4 Å². The molecule has 2 fully saturated rings. The van der Waals surface area contributed by atoms with Crippen molar-refractivity contribution in [2.24, 2.45) is 5.41 Å². The number of carboxylic acid groups (broad SMARTS) is 1. The molecule has 0 radical (unpaired) electrons. The van der Waals surface area contributed by atoms with Gasteiger partial charge in [-0.3, -0.25) is 14.3 Å². The van der Waals surface area contributed by atoms with Crippen LogP contribution >= 0.6 is 11.6 Å². The zero-order chi connectivity index (χ0) is 28.7. The first-order valence-corrected chi connectivity index (χ1v) is 13.6. The number of benzene rings is 1. The second kappa shape index (κ2) is 10.9. The lowest BCUT2D eigenvalue weighted by molar-refractivity contribution is -0.157. The van der Waals surface area contributed by atoms with Gasteiger partial charge in [-0.15, -0.1) is 0 Å². The van der Waals surface area contributed by atoms with Crippen molar-refractivity contribution < 1.29 is 37.7 Å². The summed E-state index contributed by atoms with van der Waals surface area (Å²) in [7, 11) is 0. The molecule has 0 bridgehead atoms. The maximum absolute atomic E-state index is 14.2. The molecule has 0 aliphatic carbocycles. The van der Waals surface area contributed by atoms with E-state index in [9.17, 15) is 23.5 Å². The molecule has 1 amide bonds. The number of alkyl halides is 2. The van der Waals surface area contributed by atoms with Gasteiger partial charge in [-0.25, -0.2) is 0 Å².